The largest absolute Gasteiger partial charge is 0.476 e. The van der Waals surface area contributed by atoms with Crippen molar-refractivity contribution in [2.24, 2.45) is 34.3 Å². The van der Waals surface area contributed by atoms with Crippen molar-refractivity contribution < 1.29 is 75.5 Å². The Bertz CT molecular complexity index is 4530. The molecule has 4 fully saturated rings. The second-order valence-electron chi connectivity index (χ2n) is 29.9. The van der Waals surface area contributed by atoms with Gasteiger partial charge in [0.1, 0.15) is 30.5 Å². The number of carboxylic acid groups (broad SMARTS) is 1. The van der Waals surface area contributed by atoms with E-state index in [2.05, 4.69) is 50.7 Å². The summed E-state index contributed by atoms with van der Waals surface area (Å²) in [6.45, 7) is 10.9. The van der Waals surface area contributed by atoms with Crippen molar-refractivity contribution in [3.8, 4) is 22.4 Å². The third-order valence-corrected chi connectivity index (χ3v) is 23.1. The summed E-state index contributed by atoms with van der Waals surface area (Å²) >= 11 is 1.40. The van der Waals surface area contributed by atoms with E-state index in [0.717, 1.165) is 71.3 Å². The first kappa shape index (κ1) is 78.9. The zero-order valence-corrected chi connectivity index (χ0v) is 63.0. The van der Waals surface area contributed by atoms with Crippen molar-refractivity contribution in [1.82, 2.24) is 50.8 Å². The monoisotopic (exact) mass is 1520 g/mol. The maximum Gasteiger partial charge on any atom is 0.408 e. The molecule has 3 aromatic heterocycles. The van der Waals surface area contributed by atoms with Crippen LogP contribution >= 0.6 is 11.3 Å². The van der Waals surface area contributed by atoms with Crippen LogP contribution in [0.15, 0.2) is 97.2 Å². The molecule has 5 heterocycles. The molecule has 32 heteroatoms. The highest BCUT2D eigenvalue weighted by Crippen LogP contribution is 2.70. The normalized spacial score (nSPS) is 20.7. The van der Waals surface area contributed by atoms with Crippen LogP contribution in [0, 0.1) is 35.5 Å². The minimum absolute atomic E-state index is 0.00431. The van der Waals surface area contributed by atoms with Gasteiger partial charge >= 0.3 is 24.1 Å². The number of urea groups is 2. The van der Waals surface area contributed by atoms with E-state index < -0.39 is 87.2 Å². The van der Waals surface area contributed by atoms with Crippen molar-refractivity contribution in [3.05, 3.63) is 120 Å². The minimum Gasteiger partial charge on any atom is -0.476 e. The first-order valence-corrected chi connectivity index (χ1v) is 39.0. The van der Waals surface area contributed by atoms with Gasteiger partial charge in [-0.05, 0) is 160 Å². The van der Waals surface area contributed by atoms with Gasteiger partial charge in [-0.2, -0.15) is 13.5 Å². The summed E-state index contributed by atoms with van der Waals surface area (Å²) in [6, 6.07) is 18.0. The summed E-state index contributed by atoms with van der Waals surface area (Å²) in [5.41, 5.74) is 10.2. The Hall–Kier alpha value is -10.2. The molecule has 4 bridgehead atoms. The molecule has 4 aliphatic carbocycles. The number of hydrogen-bond acceptors (Lipinski definition) is 18. The molecular weight excluding hydrogens is 1430 g/mol. The first-order valence-electron chi connectivity index (χ1n) is 36.6. The van der Waals surface area contributed by atoms with Gasteiger partial charge in [0.15, 0.2) is 10.8 Å². The number of primary amides is 1. The van der Waals surface area contributed by atoms with Gasteiger partial charge in [-0.25, -0.2) is 29.1 Å². The number of aryl methyl sites for hydroxylation is 1. The zero-order chi connectivity index (χ0) is 77.4. The number of ether oxygens (including phenoxy) is 2. The van der Waals surface area contributed by atoms with E-state index >= 15 is 0 Å². The van der Waals surface area contributed by atoms with E-state index in [0.29, 0.717) is 89.4 Å². The molecule has 8 atom stereocenters. The lowest BCUT2D eigenvalue weighted by molar-refractivity contribution is -0.249. The first-order chi connectivity index (χ1) is 51.4. The number of pyridine rings is 1. The van der Waals surface area contributed by atoms with Crippen molar-refractivity contribution in [1.29, 1.82) is 0 Å². The molecule has 6 aromatic rings. The van der Waals surface area contributed by atoms with Crippen LogP contribution in [0.5, 0.6) is 0 Å². The van der Waals surface area contributed by atoms with Gasteiger partial charge in [0.05, 0.1) is 34.3 Å². The van der Waals surface area contributed by atoms with Crippen LogP contribution < -0.4 is 42.5 Å². The number of hydrogen-bond donors (Lipinski definition) is 9. The SMILES string of the molecule is CCC1C2CC3(C)CC(OCCN(C)C(=O)[C@H](CS(=O)(=O)O)NC(=O)OCc4ccc(NC(=O)[C@H](CCCNC(N)=O)NC(=O)[C@@H](NC(=O)CCCCCN5C(=O)C=CC5=O)C(C)C)cc4)(C2)CC1(Cn1ncc(-c2ccc(-c4ccc5c(c4)N(C(=O)Nc4nc6ccccc6s4)CCC5)nc2C(=O)O)c1C)C3. The number of thiazole rings is 1. The van der Waals surface area contributed by atoms with Crippen LogP contribution in [0.25, 0.3) is 32.6 Å². The fraction of sp³-hybridized carbons (Fsp3) is 0.487. The van der Waals surface area contributed by atoms with Crippen molar-refractivity contribution in [2.45, 2.75) is 161 Å². The van der Waals surface area contributed by atoms with E-state index in [9.17, 15) is 66.0 Å². The van der Waals surface area contributed by atoms with Crippen molar-refractivity contribution >= 4 is 108 Å². The maximum absolute atomic E-state index is 14.1. The Morgan fingerprint density at radius 3 is 2.32 bits per heavy atom. The molecule has 576 valence electrons. The van der Waals surface area contributed by atoms with Gasteiger partial charge in [-0.3, -0.25) is 53.1 Å². The van der Waals surface area contributed by atoms with Crippen LogP contribution in [0.1, 0.15) is 138 Å². The summed E-state index contributed by atoms with van der Waals surface area (Å²) in [7, 11) is -3.40. The molecule has 4 saturated carbocycles. The number of fused-ring (bicyclic) bond motifs is 2. The molecule has 0 saturated heterocycles. The lowest BCUT2D eigenvalue weighted by Gasteiger charge is -2.69. The molecule has 108 heavy (non-hydrogen) atoms. The molecule has 5 unspecified atom stereocenters. The van der Waals surface area contributed by atoms with E-state index in [-0.39, 0.29) is 92.2 Å². The Labute approximate surface area is 629 Å². The molecule has 0 spiro atoms. The predicted octanol–water partition coefficient (Wildman–Crippen LogP) is 8.73. The Morgan fingerprint density at radius 1 is 0.852 bits per heavy atom. The van der Waals surface area contributed by atoms with Crippen LogP contribution in [0.2, 0.25) is 0 Å². The van der Waals surface area contributed by atoms with Crippen LogP contribution in [0.4, 0.5) is 30.9 Å². The summed E-state index contributed by atoms with van der Waals surface area (Å²) < 4.78 is 50.0. The molecule has 10 N–H and O–H groups in total. The highest BCUT2D eigenvalue weighted by molar-refractivity contribution is 7.85. The Kier molecular flexibility index (Phi) is 24.5. The van der Waals surface area contributed by atoms with Crippen molar-refractivity contribution in [3.63, 3.8) is 0 Å². The van der Waals surface area contributed by atoms with E-state index in [1.807, 2.05) is 54.1 Å². The van der Waals surface area contributed by atoms with Gasteiger partial charge in [0.25, 0.3) is 21.9 Å². The Balaban J connectivity index is 0.682. The number of para-hydroxylation sites is 1. The maximum atomic E-state index is 14.1. The van der Waals surface area contributed by atoms with E-state index in [1.54, 1.807) is 37.1 Å². The lowest BCUT2D eigenvalue weighted by atomic mass is 9.39. The molecule has 12 rings (SSSR count). The van der Waals surface area contributed by atoms with Crippen LogP contribution in [-0.2, 0) is 67.9 Å². The van der Waals surface area contributed by atoms with Gasteiger partial charge in [0, 0.05) is 92.1 Å². The second-order valence-corrected chi connectivity index (χ2v) is 32.4. The molecule has 30 nitrogen and oxygen atoms in total. The number of likely N-dealkylation sites (N-methyl/N-ethyl adjacent to an activating group) is 1. The summed E-state index contributed by atoms with van der Waals surface area (Å²) in [5.74, 6) is -5.42. The number of carbonyl (C=O) groups is 10. The molecule has 3 aromatic carbocycles. The van der Waals surface area contributed by atoms with E-state index in [1.165, 1.54) is 59.7 Å². The third kappa shape index (κ3) is 18.8. The molecule has 2 aliphatic heterocycles. The molecule has 6 aliphatic rings. The number of nitrogens with zero attached hydrogens (tertiary/aromatic N) is 7. The number of imide groups is 1. The standard InChI is InChI=1S/C76H94N14O16S2/c1-7-54-50-36-74(5)41-75(54,44-90-46(4)53(38-79-90)52-26-27-55(81-65(52)69(97)98)49-23-22-48-15-14-32-88(59(48)35-49)72(100)86-71-83-56-16-10-11-18-60(56)107-71)43-76(37-50,42-74)106-34-33-87(6)68(96)58(40-108(102,103)104)84-73(101)105-39-47-20-24-51(25-21-47)80-66(94)57(17-13-30-78-70(77)99)82-67(95)64(45(2)3)85-61(91)19-9-8-12-31-89-62(92)28-29-63(89)93/h10-11,16,18,20-29,35,38,45,50,54,57-58,64H,7-9,12-15,17,19,30-34,36-37,39-44H2,1-6H3,(H,80,94)(H,82,95)(H,84,101)(H,85,91)(H,97,98)(H3,77,78,99)(H,83,86,100)(H,102,103,104)/t50?,54?,57-,58-,64-,74?,75?,76?/m0/s1. The number of alkyl carbamates (subject to hydrolysis) is 1. The molecule has 11 amide bonds. The third-order valence-electron chi connectivity index (χ3n) is 21.4. The smallest absolute Gasteiger partial charge is 0.408 e. The zero-order valence-electron chi connectivity index (χ0n) is 61.4. The Morgan fingerprint density at radius 2 is 1.61 bits per heavy atom. The number of carboxylic acids is 1. The highest BCUT2D eigenvalue weighted by Gasteiger charge is 2.66. The number of aromatic carboxylic acids is 1. The fourth-order valence-corrected chi connectivity index (χ4v) is 18.5. The summed E-state index contributed by atoms with van der Waals surface area (Å²) in [6.07, 6.45) is 11.4. The predicted molar refractivity (Wildman–Crippen MR) is 403 cm³/mol. The van der Waals surface area contributed by atoms with Gasteiger partial charge in [-0.1, -0.05) is 88.3 Å². The topological polar surface area (TPSA) is 415 Å². The van der Waals surface area contributed by atoms with Gasteiger partial charge in [0.2, 0.25) is 23.6 Å². The van der Waals surface area contributed by atoms with Gasteiger partial charge in [-0.15, -0.1) is 0 Å². The number of rotatable bonds is 33. The number of carbonyl (C=O) groups excluding carboxylic acids is 9. The highest BCUT2D eigenvalue weighted by atomic mass is 32.2. The van der Waals surface area contributed by atoms with Crippen LogP contribution in [-0.4, -0.2) is 177 Å². The fourth-order valence-electron chi connectivity index (χ4n) is 16.9. The summed E-state index contributed by atoms with van der Waals surface area (Å²) in [5, 5.41) is 32.2. The van der Waals surface area contributed by atoms with Crippen molar-refractivity contribution in [2.75, 3.05) is 61.1 Å². The number of unbranched alkanes of at least 4 members (excludes halogenated alkanes) is 2. The van der Waals surface area contributed by atoms with E-state index in [4.69, 9.17) is 25.3 Å². The quantitative estimate of drug-likeness (QED) is 0.0106. The molecule has 0 radical (unpaired) electrons. The minimum atomic E-state index is -4.84. The number of anilines is 3. The molecular formula is C76H94N14O16S2. The average molecular weight is 1520 g/mol. The number of aromatic nitrogens is 4. The lowest BCUT2D eigenvalue weighted by Crippen LogP contribution is -2.65. The average Bonchev–Trinajstić information content (AvgIpc) is 0.793. The summed E-state index contributed by atoms with van der Waals surface area (Å²) in [4.78, 5) is 144. The number of amides is 11. The van der Waals surface area contributed by atoms with Crippen LogP contribution in [0.3, 0.4) is 0 Å². The second kappa shape index (κ2) is 33.5. The number of nitrogens with one attached hydrogen (secondary N) is 6. The number of nitrogens with two attached hydrogens (primary N) is 1. The number of benzene rings is 3. The van der Waals surface area contributed by atoms with Gasteiger partial charge < -0.3 is 51.8 Å².